The summed E-state index contributed by atoms with van der Waals surface area (Å²) in [4.78, 5) is 31.1. The Labute approximate surface area is 156 Å². The van der Waals surface area contributed by atoms with Crippen LogP contribution in [0, 0.1) is 0 Å². The second kappa shape index (κ2) is 8.64. The molecule has 1 aromatic carbocycles. The van der Waals surface area contributed by atoms with Gasteiger partial charge in [0.15, 0.2) is 0 Å². The largest absolute Gasteiger partial charge is 0.352 e. The third-order valence-electron chi connectivity index (χ3n) is 5.49. The van der Waals surface area contributed by atoms with E-state index in [4.69, 9.17) is 0 Å². The number of benzene rings is 1. The number of likely N-dealkylation sites (N-methyl/N-ethyl adjacent to an activating group) is 2. The monoisotopic (exact) mass is 358 g/mol. The van der Waals surface area contributed by atoms with Crippen LogP contribution in [0.5, 0.6) is 0 Å². The predicted molar refractivity (Wildman–Crippen MR) is 102 cm³/mol. The van der Waals surface area contributed by atoms with Crippen molar-refractivity contribution in [1.82, 2.24) is 20.0 Å². The number of carbonyl (C=O) groups excluding carboxylic acids is 2. The second-order valence-electron chi connectivity index (χ2n) is 7.57. The van der Waals surface area contributed by atoms with E-state index in [1.54, 1.807) is 0 Å². The van der Waals surface area contributed by atoms with Crippen molar-refractivity contribution in [3.05, 3.63) is 35.4 Å². The lowest BCUT2D eigenvalue weighted by molar-refractivity contribution is -0.122. The van der Waals surface area contributed by atoms with Crippen molar-refractivity contribution in [2.24, 2.45) is 0 Å². The van der Waals surface area contributed by atoms with Gasteiger partial charge in [-0.15, -0.1) is 0 Å². The van der Waals surface area contributed by atoms with Gasteiger partial charge in [-0.1, -0.05) is 12.1 Å². The highest BCUT2D eigenvalue weighted by atomic mass is 16.2. The summed E-state index contributed by atoms with van der Waals surface area (Å²) in [5.41, 5.74) is 1.75. The Morgan fingerprint density at radius 2 is 1.73 bits per heavy atom. The van der Waals surface area contributed by atoms with E-state index in [0.717, 1.165) is 56.7 Å². The van der Waals surface area contributed by atoms with Gasteiger partial charge in [-0.25, -0.2) is 0 Å². The summed E-state index contributed by atoms with van der Waals surface area (Å²) in [6.07, 6.45) is 2.72. The number of carbonyl (C=O) groups is 2. The topological polar surface area (TPSA) is 55.9 Å². The Bertz CT molecular complexity index is 625. The molecule has 0 bridgehead atoms. The van der Waals surface area contributed by atoms with Gasteiger partial charge in [-0.05, 0) is 44.6 Å². The molecule has 6 heteroatoms. The molecule has 1 aromatic rings. The van der Waals surface area contributed by atoms with E-state index in [0.29, 0.717) is 13.0 Å². The molecule has 2 saturated heterocycles. The van der Waals surface area contributed by atoms with Gasteiger partial charge >= 0.3 is 0 Å². The van der Waals surface area contributed by atoms with Crippen molar-refractivity contribution in [3.8, 4) is 0 Å². The van der Waals surface area contributed by atoms with Crippen LogP contribution in [0.4, 0.5) is 0 Å². The molecule has 26 heavy (non-hydrogen) atoms. The maximum Gasteiger partial charge on any atom is 0.253 e. The molecule has 2 heterocycles. The van der Waals surface area contributed by atoms with Gasteiger partial charge in [0.2, 0.25) is 5.91 Å². The average Bonchev–Trinajstić information content (AvgIpc) is 3.17. The summed E-state index contributed by atoms with van der Waals surface area (Å²) >= 11 is 0. The highest BCUT2D eigenvalue weighted by Gasteiger charge is 2.24. The molecule has 6 nitrogen and oxygen atoms in total. The van der Waals surface area contributed by atoms with Crippen molar-refractivity contribution in [1.29, 1.82) is 0 Å². The zero-order chi connectivity index (χ0) is 18.5. The number of hydrogen-bond acceptors (Lipinski definition) is 4. The molecule has 3 rings (SSSR count). The van der Waals surface area contributed by atoms with Crippen molar-refractivity contribution >= 4 is 11.8 Å². The van der Waals surface area contributed by atoms with E-state index in [9.17, 15) is 9.59 Å². The molecule has 2 aliphatic rings. The number of likely N-dealkylation sites (tertiary alicyclic amines) is 1. The fraction of sp³-hybridized carbons (Fsp3) is 0.600. The van der Waals surface area contributed by atoms with Crippen LogP contribution in [0.1, 0.15) is 35.2 Å². The summed E-state index contributed by atoms with van der Waals surface area (Å²) in [5.74, 6) is 0.192. The van der Waals surface area contributed by atoms with Gasteiger partial charge in [-0.3, -0.25) is 9.59 Å². The summed E-state index contributed by atoms with van der Waals surface area (Å²) < 4.78 is 0. The van der Waals surface area contributed by atoms with Crippen LogP contribution >= 0.6 is 0 Å². The zero-order valence-corrected chi connectivity index (χ0v) is 15.9. The average molecular weight is 358 g/mol. The maximum atomic E-state index is 12.4. The van der Waals surface area contributed by atoms with Gasteiger partial charge in [0, 0.05) is 57.3 Å². The highest BCUT2D eigenvalue weighted by molar-refractivity contribution is 5.94. The van der Waals surface area contributed by atoms with Crippen LogP contribution in [0.2, 0.25) is 0 Å². The smallest absolute Gasteiger partial charge is 0.253 e. The molecule has 0 aromatic heterocycles. The third-order valence-corrected chi connectivity index (χ3v) is 5.49. The Balaban J connectivity index is 1.46. The molecule has 1 atom stereocenters. The van der Waals surface area contributed by atoms with Gasteiger partial charge < -0.3 is 20.0 Å². The lowest BCUT2D eigenvalue weighted by Crippen LogP contribution is -2.51. The predicted octanol–water partition coefficient (Wildman–Crippen LogP) is 1.17. The molecule has 1 N–H and O–H groups in total. The van der Waals surface area contributed by atoms with Crippen LogP contribution in [-0.4, -0.2) is 79.4 Å². The standard InChI is InChI=1S/C20H30N4O2/c1-22-11-12-23(2)18(15-22)13-19(25)21-14-16-5-7-17(8-6-16)20(26)24-9-3-4-10-24/h5-8,18H,3-4,9-15H2,1-2H3,(H,21,25). The molecule has 2 amide bonds. The SMILES string of the molecule is CN1CCN(C)C(CC(=O)NCc2ccc(C(=O)N3CCCC3)cc2)C1. The van der Waals surface area contributed by atoms with E-state index >= 15 is 0 Å². The number of nitrogens with one attached hydrogen (secondary N) is 1. The second-order valence-corrected chi connectivity index (χ2v) is 7.57. The molecular formula is C20H30N4O2. The van der Waals surface area contributed by atoms with Crippen LogP contribution in [-0.2, 0) is 11.3 Å². The van der Waals surface area contributed by atoms with Crippen molar-refractivity contribution in [3.63, 3.8) is 0 Å². The Kier molecular flexibility index (Phi) is 6.27. The Morgan fingerprint density at radius 1 is 1.04 bits per heavy atom. The van der Waals surface area contributed by atoms with E-state index in [1.807, 2.05) is 29.2 Å². The van der Waals surface area contributed by atoms with Crippen molar-refractivity contribution in [2.45, 2.75) is 31.8 Å². The van der Waals surface area contributed by atoms with E-state index in [1.165, 1.54) is 0 Å². The number of piperazine rings is 1. The number of hydrogen-bond donors (Lipinski definition) is 1. The molecule has 1 unspecified atom stereocenters. The molecular weight excluding hydrogens is 328 g/mol. The minimum atomic E-state index is 0.0781. The fourth-order valence-electron chi connectivity index (χ4n) is 3.68. The molecule has 0 aliphatic carbocycles. The van der Waals surface area contributed by atoms with Gasteiger partial charge in [0.25, 0.3) is 5.91 Å². The van der Waals surface area contributed by atoms with Gasteiger partial charge in [0.05, 0.1) is 0 Å². The molecule has 0 saturated carbocycles. The first-order valence-electron chi connectivity index (χ1n) is 9.56. The quantitative estimate of drug-likeness (QED) is 0.859. The molecule has 0 radical (unpaired) electrons. The minimum Gasteiger partial charge on any atom is -0.352 e. The maximum absolute atomic E-state index is 12.4. The molecule has 0 spiro atoms. The molecule has 142 valence electrons. The van der Waals surface area contributed by atoms with Crippen LogP contribution in [0.15, 0.2) is 24.3 Å². The number of nitrogens with zero attached hydrogens (tertiary/aromatic N) is 3. The lowest BCUT2D eigenvalue weighted by atomic mass is 10.1. The Morgan fingerprint density at radius 3 is 2.42 bits per heavy atom. The van der Waals surface area contributed by atoms with Gasteiger partial charge in [-0.2, -0.15) is 0 Å². The molecule has 2 fully saturated rings. The first-order valence-corrected chi connectivity index (χ1v) is 9.56. The Hall–Kier alpha value is -1.92. The summed E-state index contributed by atoms with van der Waals surface area (Å²) in [6, 6.07) is 7.88. The minimum absolute atomic E-state index is 0.0781. The fourth-order valence-corrected chi connectivity index (χ4v) is 3.68. The normalized spacial score (nSPS) is 21.8. The van der Waals surface area contributed by atoms with Gasteiger partial charge in [0.1, 0.15) is 0 Å². The van der Waals surface area contributed by atoms with E-state index in [-0.39, 0.29) is 17.9 Å². The lowest BCUT2D eigenvalue weighted by Gasteiger charge is -2.37. The van der Waals surface area contributed by atoms with E-state index in [2.05, 4.69) is 29.2 Å². The number of rotatable bonds is 5. The van der Waals surface area contributed by atoms with Crippen LogP contribution in [0.25, 0.3) is 0 Å². The third kappa shape index (κ3) is 4.83. The van der Waals surface area contributed by atoms with Crippen molar-refractivity contribution < 1.29 is 9.59 Å². The van der Waals surface area contributed by atoms with E-state index < -0.39 is 0 Å². The van der Waals surface area contributed by atoms with Crippen LogP contribution < -0.4 is 5.32 Å². The zero-order valence-electron chi connectivity index (χ0n) is 15.9. The van der Waals surface area contributed by atoms with Crippen LogP contribution in [0.3, 0.4) is 0 Å². The first kappa shape index (κ1) is 18.9. The van der Waals surface area contributed by atoms with Crippen molar-refractivity contribution in [2.75, 3.05) is 46.8 Å². The summed E-state index contributed by atoms with van der Waals surface area (Å²) in [5, 5.41) is 3.01. The summed E-state index contributed by atoms with van der Waals surface area (Å²) in [7, 11) is 4.18. The first-order chi connectivity index (χ1) is 12.5. The number of amides is 2. The molecule has 2 aliphatic heterocycles. The summed E-state index contributed by atoms with van der Waals surface area (Å²) in [6.45, 7) is 5.21. The highest BCUT2D eigenvalue weighted by Crippen LogP contribution is 2.14.